The molecule has 1 heterocycles. The molecule has 106 valence electrons. The van der Waals surface area contributed by atoms with Crippen LogP contribution in [0.15, 0.2) is 36.4 Å². The van der Waals surface area contributed by atoms with Gasteiger partial charge in [-0.2, -0.15) is 0 Å². The van der Waals surface area contributed by atoms with Crippen LogP contribution in [0.25, 0.3) is 10.8 Å². The molecule has 0 bridgehead atoms. The molecule has 0 aromatic heterocycles. The third-order valence-corrected chi connectivity index (χ3v) is 4.14. The normalized spacial score (nSPS) is 14.5. The highest BCUT2D eigenvalue weighted by Gasteiger charge is 2.29. The second-order valence-corrected chi connectivity index (χ2v) is 5.54. The Morgan fingerprint density at radius 3 is 2.33 bits per heavy atom. The minimum Gasteiger partial charge on any atom is -0.269 e. The van der Waals surface area contributed by atoms with Gasteiger partial charge in [0.25, 0.3) is 11.8 Å². The van der Waals surface area contributed by atoms with E-state index in [1.807, 2.05) is 13.0 Å². The van der Waals surface area contributed by atoms with Gasteiger partial charge in [0.1, 0.15) is 0 Å². The highest BCUT2D eigenvalue weighted by atomic mass is 35.5. The molecule has 21 heavy (non-hydrogen) atoms. The number of benzene rings is 2. The van der Waals surface area contributed by atoms with Crippen molar-refractivity contribution in [2.24, 2.45) is 0 Å². The van der Waals surface area contributed by atoms with Crippen molar-refractivity contribution in [3.63, 3.8) is 0 Å². The summed E-state index contributed by atoms with van der Waals surface area (Å²) in [6, 6.07) is 7.10. The molecule has 3 rings (SSSR count). The molecule has 0 aliphatic carbocycles. The summed E-state index contributed by atoms with van der Waals surface area (Å²) >= 11 is 12.5. The molecule has 0 N–H and O–H groups in total. The predicted octanol–water partition coefficient (Wildman–Crippen LogP) is 4.14. The third-order valence-electron chi connectivity index (χ3n) is 3.53. The van der Waals surface area contributed by atoms with Crippen molar-refractivity contribution in [2.45, 2.75) is 13.3 Å². The topological polar surface area (TPSA) is 37.4 Å². The van der Waals surface area contributed by atoms with Gasteiger partial charge in [-0.1, -0.05) is 42.3 Å². The number of fused-ring (bicyclic) bond motifs is 1. The van der Waals surface area contributed by atoms with Crippen LogP contribution in [-0.2, 0) is 16.0 Å². The predicted molar refractivity (Wildman–Crippen MR) is 85.0 cm³/mol. The number of halogens is 2. The van der Waals surface area contributed by atoms with Gasteiger partial charge in [-0.05, 0) is 24.1 Å². The van der Waals surface area contributed by atoms with E-state index >= 15 is 0 Å². The van der Waals surface area contributed by atoms with E-state index in [2.05, 4.69) is 0 Å². The second kappa shape index (κ2) is 5.17. The van der Waals surface area contributed by atoms with Gasteiger partial charge in [0.15, 0.2) is 0 Å². The average Bonchev–Trinajstić information content (AvgIpc) is 2.78. The lowest BCUT2D eigenvalue weighted by molar-refractivity contribution is -0.119. The van der Waals surface area contributed by atoms with Crippen LogP contribution in [-0.4, -0.2) is 11.8 Å². The number of anilines is 1. The molecular weight excluding hydrogens is 309 g/mol. The van der Waals surface area contributed by atoms with Crippen molar-refractivity contribution in [2.75, 3.05) is 4.90 Å². The van der Waals surface area contributed by atoms with E-state index in [0.29, 0.717) is 32.9 Å². The minimum atomic E-state index is -0.349. The van der Waals surface area contributed by atoms with Crippen LogP contribution < -0.4 is 4.90 Å². The van der Waals surface area contributed by atoms with Gasteiger partial charge >= 0.3 is 0 Å². The number of rotatable bonds is 2. The number of aryl methyl sites for hydroxylation is 1. The molecular formula is C16H11Cl2NO2. The van der Waals surface area contributed by atoms with Gasteiger partial charge in [0.05, 0.1) is 10.7 Å². The second-order valence-electron chi connectivity index (χ2n) is 4.73. The summed E-state index contributed by atoms with van der Waals surface area (Å²) in [6.07, 6.45) is 3.19. The Balaban J connectivity index is 2.40. The average molecular weight is 320 g/mol. The van der Waals surface area contributed by atoms with Crippen molar-refractivity contribution < 1.29 is 9.59 Å². The van der Waals surface area contributed by atoms with E-state index < -0.39 is 0 Å². The van der Waals surface area contributed by atoms with Crippen LogP contribution in [0, 0.1) is 0 Å². The minimum absolute atomic E-state index is 0.349. The first-order chi connectivity index (χ1) is 10.0. The van der Waals surface area contributed by atoms with E-state index in [1.165, 1.54) is 17.1 Å². The Bertz CT molecular complexity index is 794. The SMILES string of the molecule is CCc1cc(Cl)c2c(Cl)cccc2c1N1C(=O)C=CC1=O. The van der Waals surface area contributed by atoms with E-state index in [4.69, 9.17) is 23.2 Å². The lowest BCUT2D eigenvalue weighted by Gasteiger charge is -2.21. The zero-order valence-corrected chi connectivity index (χ0v) is 12.7. The molecule has 5 heteroatoms. The lowest BCUT2D eigenvalue weighted by atomic mass is 10.0. The summed E-state index contributed by atoms with van der Waals surface area (Å²) in [6.45, 7) is 1.95. The van der Waals surface area contributed by atoms with Gasteiger partial charge in [0.2, 0.25) is 0 Å². The summed E-state index contributed by atoms with van der Waals surface area (Å²) in [5.74, 6) is -0.698. The molecule has 2 amide bonds. The van der Waals surface area contributed by atoms with Crippen LogP contribution in [0.1, 0.15) is 12.5 Å². The maximum atomic E-state index is 12.0. The van der Waals surface area contributed by atoms with Crippen LogP contribution in [0.2, 0.25) is 10.0 Å². The smallest absolute Gasteiger partial charge is 0.258 e. The maximum Gasteiger partial charge on any atom is 0.258 e. The molecule has 2 aromatic rings. The summed E-state index contributed by atoms with van der Waals surface area (Å²) < 4.78 is 0. The van der Waals surface area contributed by atoms with Crippen molar-refractivity contribution in [1.29, 1.82) is 0 Å². The third kappa shape index (κ3) is 2.13. The maximum absolute atomic E-state index is 12.0. The van der Waals surface area contributed by atoms with Crippen molar-refractivity contribution in [3.05, 3.63) is 52.0 Å². The Morgan fingerprint density at radius 2 is 1.71 bits per heavy atom. The van der Waals surface area contributed by atoms with Gasteiger partial charge in [-0.3, -0.25) is 9.59 Å². The highest BCUT2D eigenvalue weighted by Crippen LogP contribution is 2.40. The van der Waals surface area contributed by atoms with E-state index in [9.17, 15) is 9.59 Å². The Kier molecular flexibility index (Phi) is 3.47. The quantitative estimate of drug-likeness (QED) is 0.780. The van der Waals surface area contributed by atoms with Crippen LogP contribution in [0.3, 0.4) is 0 Å². The molecule has 2 aromatic carbocycles. The van der Waals surface area contributed by atoms with E-state index in [-0.39, 0.29) is 11.8 Å². The number of carbonyl (C=O) groups excluding carboxylic acids is 2. The fraction of sp³-hybridized carbons (Fsp3) is 0.125. The number of hydrogen-bond donors (Lipinski definition) is 0. The van der Waals surface area contributed by atoms with Crippen molar-refractivity contribution in [1.82, 2.24) is 0 Å². The first-order valence-corrected chi connectivity index (χ1v) is 7.26. The number of nitrogens with zero attached hydrogens (tertiary/aromatic N) is 1. The fourth-order valence-corrected chi connectivity index (χ4v) is 3.24. The molecule has 3 nitrogen and oxygen atoms in total. The molecule has 0 saturated heterocycles. The first-order valence-electron chi connectivity index (χ1n) is 6.50. The van der Waals surface area contributed by atoms with E-state index in [1.54, 1.807) is 18.2 Å². The van der Waals surface area contributed by atoms with Crippen molar-refractivity contribution >= 4 is 51.5 Å². The van der Waals surface area contributed by atoms with Crippen LogP contribution in [0.5, 0.6) is 0 Å². The Morgan fingerprint density at radius 1 is 1.05 bits per heavy atom. The molecule has 0 atom stereocenters. The van der Waals surface area contributed by atoms with Crippen molar-refractivity contribution in [3.8, 4) is 0 Å². The van der Waals surface area contributed by atoms with E-state index in [0.717, 1.165) is 5.56 Å². The Labute approximate surface area is 131 Å². The summed E-state index contributed by atoms with van der Waals surface area (Å²) in [7, 11) is 0. The van der Waals surface area contributed by atoms with Gasteiger partial charge in [-0.15, -0.1) is 0 Å². The lowest BCUT2D eigenvalue weighted by Crippen LogP contribution is -2.30. The van der Waals surface area contributed by atoms with Crippen LogP contribution >= 0.6 is 23.2 Å². The van der Waals surface area contributed by atoms with Crippen LogP contribution in [0.4, 0.5) is 5.69 Å². The summed E-state index contributed by atoms with van der Waals surface area (Å²) in [5.41, 5.74) is 1.40. The standard InChI is InChI=1S/C16H11Cl2NO2/c1-2-9-8-12(18)15-10(4-3-5-11(15)17)16(9)19-13(20)6-7-14(19)21/h3-8H,2H2,1H3. The summed E-state index contributed by atoms with van der Waals surface area (Å²) in [4.78, 5) is 25.2. The molecule has 0 fully saturated rings. The monoisotopic (exact) mass is 319 g/mol. The molecule has 0 spiro atoms. The highest BCUT2D eigenvalue weighted by molar-refractivity contribution is 6.43. The summed E-state index contributed by atoms with van der Waals surface area (Å²) in [5, 5.41) is 2.37. The zero-order chi connectivity index (χ0) is 15.1. The number of imide groups is 1. The van der Waals surface area contributed by atoms with Gasteiger partial charge in [0, 0.05) is 27.9 Å². The largest absolute Gasteiger partial charge is 0.269 e. The molecule has 0 saturated carbocycles. The Hall–Kier alpha value is -1.84. The number of amides is 2. The molecule has 1 aliphatic rings. The molecule has 0 unspecified atom stereocenters. The molecule has 0 radical (unpaired) electrons. The van der Waals surface area contributed by atoms with Gasteiger partial charge in [-0.25, -0.2) is 4.90 Å². The number of carbonyl (C=O) groups is 2. The zero-order valence-electron chi connectivity index (χ0n) is 11.2. The number of hydrogen-bond acceptors (Lipinski definition) is 2. The first kappa shape index (κ1) is 14.1. The van der Waals surface area contributed by atoms with Gasteiger partial charge < -0.3 is 0 Å². The fourth-order valence-electron chi connectivity index (χ4n) is 2.58. The molecule has 1 aliphatic heterocycles.